The van der Waals surface area contributed by atoms with Crippen LogP contribution in [0.15, 0.2) is 15.7 Å². The summed E-state index contributed by atoms with van der Waals surface area (Å²) in [7, 11) is 3.46. The van der Waals surface area contributed by atoms with Crippen molar-refractivity contribution in [1.29, 1.82) is 0 Å². The predicted octanol–water partition coefficient (Wildman–Crippen LogP) is 3.24. The molecule has 1 saturated heterocycles. The summed E-state index contributed by atoms with van der Waals surface area (Å²) in [5.74, 6) is 0.301. The number of pyridine rings is 1. The molecule has 10 heteroatoms. The number of ether oxygens (including phenoxy) is 1. The first kappa shape index (κ1) is 22.1. The molecule has 0 radical (unpaired) electrons. The molecule has 5 rings (SSSR count). The summed E-state index contributed by atoms with van der Waals surface area (Å²) in [5, 5.41) is 3.60. The lowest BCUT2D eigenvalue weighted by Gasteiger charge is -2.25. The van der Waals surface area contributed by atoms with E-state index >= 15 is 4.39 Å². The van der Waals surface area contributed by atoms with E-state index in [4.69, 9.17) is 4.74 Å². The number of aromatic amines is 1. The summed E-state index contributed by atoms with van der Waals surface area (Å²) in [6.07, 6.45) is 2.87. The van der Waals surface area contributed by atoms with Gasteiger partial charge in [-0.3, -0.25) is 14.0 Å². The van der Waals surface area contributed by atoms with Gasteiger partial charge >= 0.3 is 0 Å². The second kappa shape index (κ2) is 8.11. The van der Waals surface area contributed by atoms with Gasteiger partial charge in [0.25, 0.3) is 5.56 Å². The Bertz CT molecular complexity index is 1270. The molecule has 2 fully saturated rings. The normalized spacial score (nSPS) is 19.7. The van der Waals surface area contributed by atoms with Crippen molar-refractivity contribution in [2.75, 3.05) is 32.1 Å². The quantitative estimate of drug-likeness (QED) is 0.601. The maximum Gasteiger partial charge on any atom is 0.271 e. The molecule has 2 N–H and O–H groups in total. The predicted molar refractivity (Wildman–Crippen MR) is 125 cm³/mol. The van der Waals surface area contributed by atoms with Crippen LogP contribution in [0, 0.1) is 11.7 Å². The van der Waals surface area contributed by atoms with E-state index in [1.54, 1.807) is 0 Å². The van der Waals surface area contributed by atoms with Crippen LogP contribution in [0.4, 0.5) is 10.1 Å². The topological polar surface area (TPSA) is 79.4 Å². The zero-order chi connectivity index (χ0) is 21.2. The highest BCUT2D eigenvalue weighted by Crippen LogP contribution is 2.46. The summed E-state index contributed by atoms with van der Waals surface area (Å²) < 4.78 is 25.9. The van der Waals surface area contributed by atoms with E-state index in [0.717, 1.165) is 37.3 Å². The third kappa shape index (κ3) is 3.34. The number of nitrogens with zero attached hydrogens (tertiary/aromatic N) is 2. The Hall–Kier alpha value is -2.10. The monoisotopic (exact) mass is 468 g/mol. The van der Waals surface area contributed by atoms with Gasteiger partial charge in [-0.15, -0.1) is 12.4 Å². The first-order chi connectivity index (χ1) is 14.5. The van der Waals surface area contributed by atoms with E-state index in [2.05, 4.69) is 16.6 Å². The molecule has 0 spiro atoms. The molecular weight excluding hydrogens is 443 g/mol. The van der Waals surface area contributed by atoms with Gasteiger partial charge in [0, 0.05) is 25.2 Å². The molecule has 7 nitrogen and oxygen atoms in total. The molecule has 2 aromatic heterocycles. The van der Waals surface area contributed by atoms with Gasteiger partial charge in [0.2, 0.25) is 5.43 Å². The molecule has 2 atom stereocenters. The van der Waals surface area contributed by atoms with Crippen LogP contribution in [0.1, 0.15) is 32.2 Å². The first-order valence-corrected chi connectivity index (χ1v) is 11.2. The zero-order valence-electron chi connectivity index (χ0n) is 17.7. The molecule has 1 aliphatic heterocycles. The lowest BCUT2D eigenvalue weighted by molar-refractivity contribution is 0.411. The molecule has 1 unspecified atom stereocenters. The highest BCUT2D eigenvalue weighted by molar-refractivity contribution is 7.12. The maximum absolute atomic E-state index is 15.4. The summed E-state index contributed by atoms with van der Waals surface area (Å²) >= 11 is 1.16. The van der Waals surface area contributed by atoms with E-state index in [-0.39, 0.29) is 29.2 Å². The Morgan fingerprint density at radius 2 is 2.06 bits per heavy atom. The van der Waals surface area contributed by atoms with E-state index in [1.807, 2.05) is 16.5 Å². The smallest absolute Gasteiger partial charge is 0.271 e. The SMILES string of the molecule is CNC(C)[C@H]1CCN(c2c(F)cc3c(=O)c4c(=O)[nH]sc4n(C4CC4)c3c2OC)C1.Cl. The Morgan fingerprint density at radius 1 is 1.32 bits per heavy atom. The molecule has 3 aromatic rings. The number of halogens is 2. The van der Waals surface area contributed by atoms with Crippen molar-refractivity contribution in [2.45, 2.75) is 38.3 Å². The molecule has 3 heterocycles. The van der Waals surface area contributed by atoms with E-state index < -0.39 is 16.8 Å². The lowest BCUT2D eigenvalue weighted by atomic mass is 10.0. The molecule has 1 aromatic carbocycles. The van der Waals surface area contributed by atoms with Crippen LogP contribution in [-0.2, 0) is 0 Å². The number of hydrogen-bond acceptors (Lipinski definition) is 6. The standard InChI is InChI=1S/C21H25FN4O3S.ClH/c1-10(23-2)11-6-7-25(9-11)17-14(22)8-13-16(19(17)29-3)26(12-4-5-12)21-15(18(13)27)20(28)24-30-21;/h8,10-12,23H,4-7,9H2,1-3H3,(H,24,28);1H/t10?,11-;/m0./s1. The molecule has 31 heavy (non-hydrogen) atoms. The molecule has 1 aliphatic carbocycles. The number of aromatic nitrogens is 2. The highest BCUT2D eigenvalue weighted by atomic mass is 35.5. The number of H-pyrrole nitrogens is 1. The minimum absolute atomic E-state index is 0. The Balaban J connectivity index is 0.00000231. The largest absolute Gasteiger partial charge is 0.492 e. The fourth-order valence-electron chi connectivity index (χ4n) is 4.72. The molecule has 0 bridgehead atoms. The lowest BCUT2D eigenvalue weighted by Crippen LogP contribution is -2.33. The van der Waals surface area contributed by atoms with Gasteiger partial charge in [-0.05, 0) is 56.8 Å². The van der Waals surface area contributed by atoms with Crippen LogP contribution in [0.25, 0.3) is 21.1 Å². The second-order valence-corrected chi connectivity index (χ2v) is 9.15. The Labute approximate surface area is 188 Å². The molecule has 168 valence electrons. The average Bonchev–Trinajstić information content (AvgIpc) is 3.33. The maximum atomic E-state index is 15.4. The van der Waals surface area contributed by atoms with Gasteiger partial charge in [0.05, 0.1) is 18.0 Å². The number of benzene rings is 1. The van der Waals surface area contributed by atoms with Crippen LogP contribution in [-0.4, -0.2) is 42.2 Å². The molecule has 2 aliphatic rings. The number of fused-ring (bicyclic) bond motifs is 2. The van der Waals surface area contributed by atoms with Gasteiger partial charge in [0.1, 0.15) is 15.9 Å². The van der Waals surface area contributed by atoms with Crippen LogP contribution in [0.2, 0.25) is 0 Å². The van der Waals surface area contributed by atoms with Gasteiger partial charge in [-0.25, -0.2) is 4.39 Å². The van der Waals surface area contributed by atoms with Gasteiger partial charge in [-0.1, -0.05) is 0 Å². The number of anilines is 1. The third-order valence-corrected chi connectivity index (χ3v) is 7.50. The molecule has 0 amide bonds. The zero-order valence-corrected chi connectivity index (χ0v) is 19.3. The third-order valence-electron chi connectivity index (χ3n) is 6.61. The minimum atomic E-state index is -0.484. The first-order valence-electron chi connectivity index (χ1n) is 10.3. The number of hydrogen-bond donors (Lipinski definition) is 2. The second-order valence-electron chi connectivity index (χ2n) is 8.35. The van der Waals surface area contributed by atoms with Crippen molar-refractivity contribution in [3.63, 3.8) is 0 Å². The Kier molecular flexibility index (Phi) is 5.78. The Morgan fingerprint density at radius 3 is 2.71 bits per heavy atom. The number of methoxy groups -OCH3 is 1. The van der Waals surface area contributed by atoms with Crippen molar-refractivity contribution in [2.24, 2.45) is 5.92 Å². The van der Waals surface area contributed by atoms with Crippen LogP contribution >= 0.6 is 23.9 Å². The van der Waals surface area contributed by atoms with Crippen molar-refractivity contribution >= 4 is 50.7 Å². The van der Waals surface area contributed by atoms with Crippen LogP contribution in [0.5, 0.6) is 5.75 Å². The minimum Gasteiger partial charge on any atom is -0.492 e. The van der Waals surface area contributed by atoms with Gasteiger partial charge < -0.3 is 19.5 Å². The number of nitrogens with one attached hydrogen (secondary N) is 2. The van der Waals surface area contributed by atoms with E-state index in [1.165, 1.54) is 13.2 Å². The fourth-order valence-corrected chi connectivity index (χ4v) is 5.64. The van der Waals surface area contributed by atoms with Crippen molar-refractivity contribution in [3.8, 4) is 5.75 Å². The van der Waals surface area contributed by atoms with Gasteiger partial charge in [0.15, 0.2) is 11.6 Å². The fraction of sp³-hybridized carbons (Fsp3) is 0.524. The summed E-state index contributed by atoms with van der Waals surface area (Å²) in [4.78, 5) is 28.0. The summed E-state index contributed by atoms with van der Waals surface area (Å²) in [5.41, 5.74) is 0.149. The van der Waals surface area contributed by atoms with Crippen LogP contribution in [0.3, 0.4) is 0 Å². The summed E-state index contributed by atoms with van der Waals surface area (Å²) in [6.45, 7) is 3.58. The van der Waals surface area contributed by atoms with Crippen molar-refractivity contribution in [3.05, 3.63) is 32.5 Å². The van der Waals surface area contributed by atoms with Crippen LogP contribution < -0.4 is 25.9 Å². The molecule has 1 saturated carbocycles. The average molecular weight is 469 g/mol. The summed E-state index contributed by atoms with van der Waals surface area (Å²) in [6, 6.07) is 1.80. The van der Waals surface area contributed by atoms with E-state index in [9.17, 15) is 9.59 Å². The molecular formula is C21H26ClFN4O3S. The number of rotatable bonds is 5. The van der Waals surface area contributed by atoms with Crippen molar-refractivity contribution < 1.29 is 9.13 Å². The van der Waals surface area contributed by atoms with Gasteiger partial charge in [-0.2, -0.15) is 0 Å². The van der Waals surface area contributed by atoms with E-state index in [0.29, 0.717) is 40.3 Å². The highest BCUT2D eigenvalue weighted by Gasteiger charge is 2.35. The van der Waals surface area contributed by atoms with Crippen molar-refractivity contribution in [1.82, 2.24) is 14.3 Å².